The SMILES string of the molecule is C[NH+](C)C[C@H](NC(=O)c1ccc2ccccc2n1)c1ccccc1. The number of pyridine rings is 1. The Morgan fingerprint density at radius 3 is 2.46 bits per heavy atom. The molecule has 1 aromatic heterocycles. The molecule has 2 N–H and O–H groups in total. The Hall–Kier alpha value is -2.72. The number of carbonyl (C=O) groups is 1. The Morgan fingerprint density at radius 1 is 1.00 bits per heavy atom. The van der Waals surface area contributed by atoms with Crippen LogP contribution in [0.15, 0.2) is 66.7 Å². The van der Waals surface area contributed by atoms with Crippen molar-refractivity contribution in [1.82, 2.24) is 10.3 Å². The van der Waals surface area contributed by atoms with Crippen LogP contribution in [0.5, 0.6) is 0 Å². The van der Waals surface area contributed by atoms with Gasteiger partial charge in [-0.1, -0.05) is 54.6 Å². The molecular weight excluding hydrogens is 298 g/mol. The fraction of sp³-hybridized carbons (Fsp3) is 0.200. The summed E-state index contributed by atoms with van der Waals surface area (Å²) in [7, 11) is 4.16. The second-order valence-electron chi connectivity index (χ2n) is 6.24. The van der Waals surface area contributed by atoms with Gasteiger partial charge in [-0.05, 0) is 17.7 Å². The zero-order chi connectivity index (χ0) is 16.9. The number of carbonyl (C=O) groups excluding carboxylic acids is 1. The van der Waals surface area contributed by atoms with Crippen LogP contribution in [0.1, 0.15) is 22.1 Å². The summed E-state index contributed by atoms with van der Waals surface area (Å²) in [5.41, 5.74) is 2.39. The van der Waals surface area contributed by atoms with Gasteiger partial charge < -0.3 is 10.2 Å². The van der Waals surface area contributed by atoms with E-state index in [0.717, 1.165) is 23.0 Å². The molecular formula is C20H22N3O+. The Balaban J connectivity index is 1.84. The molecule has 1 heterocycles. The Bertz CT molecular complexity index is 830. The van der Waals surface area contributed by atoms with Gasteiger partial charge in [0, 0.05) is 5.39 Å². The summed E-state index contributed by atoms with van der Waals surface area (Å²) in [6, 6.07) is 21.5. The van der Waals surface area contributed by atoms with Gasteiger partial charge in [0.2, 0.25) is 0 Å². The van der Waals surface area contributed by atoms with Gasteiger partial charge >= 0.3 is 0 Å². The van der Waals surface area contributed by atoms with Crippen LogP contribution in [0.4, 0.5) is 0 Å². The predicted octanol–water partition coefficient (Wildman–Crippen LogP) is 1.85. The predicted molar refractivity (Wildman–Crippen MR) is 96.1 cm³/mol. The van der Waals surface area contributed by atoms with Crippen LogP contribution < -0.4 is 10.2 Å². The van der Waals surface area contributed by atoms with Crippen molar-refractivity contribution >= 4 is 16.8 Å². The van der Waals surface area contributed by atoms with E-state index in [4.69, 9.17) is 0 Å². The number of nitrogens with zero attached hydrogens (tertiary/aromatic N) is 1. The maximum Gasteiger partial charge on any atom is 0.270 e. The molecule has 0 aliphatic carbocycles. The van der Waals surface area contributed by atoms with E-state index in [1.165, 1.54) is 4.90 Å². The monoisotopic (exact) mass is 320 g/mol. The molecule has 0 saturated heterocycles. The van der Waals surface area contributed by atoms with Gasteiger partial charge in [-0.3, -0.25) is 4.79 Å². The van der Waals surface area contributed by atoms with E-state index < -0.39 is 0 Å². The zero-order valence-electron chi connectivity index (χ0n) is 14.0. The van der Waals surface area contributed by atoms with Crippen molar-refractivity contribution in [2.24, 2.45) is 0 Å². The third kappa shape index (κ3) is 3.78. The molecule has 0 unspecified atom stereocenters. The third-order valence-electron chi connectivity index (χ3n) is 3.95. The first-order valence-electron chi connectivity index (χ1n) is 8.14. The van der Waals surface area contributed by atoms with Crippen LogP contribution in [0.2, 0.25) is 0 Å². The summed E-state index contributed by atoms with van der Waals surface area (Å²) in [6.45, 7) is 0.809. The molecule has 0 spiro atoms. The third-order valence-corrected chi connectivity index (χ3v) is 3.95. The minimum Gasteiger partial charge on any atom is -0.338 e. The summed E-state index contributed by atoms with van der Waals surface area (Å²) in [4.78, 5) is 18.4. The van der Waals surface area contributed by atoms with Crippen molar-refractivity contribution in [2.75, 3.05) is 20.6 Å². The van der Waals surface area contributed by atoms with E-state index in [1.807, 2.05) is 60.7 Å². The highest BCUT2D eigenvalue weighted by Crippen LogP contribution is 2.14. The first-order valence-corrected chi connectivity index (χ1v) is 8.14. The van der Waals surface area contributed by atoms with Crippen molar-refractivity contribution < 1.29 is 9.69 Å². The number of amides is 1. The average Bonchev–Trinajstić information content (AvgIpc) is 2.61. The molecule has 0 bridgehead atoms. The van der Waals surface area contributed by atoms with Gasteiger partial charge in [0.25, 0.3) is 5.91 Å². The summed E-state index contributed by atoms with van der Waals surface area (Å²) in [6.07, 6.45) is 0. The lowest BCUT2D eigenvalue weighted by molar-refractivity contribution is -0.860. The van der Waals surface area contributed by atoms with Crippen LogP contribution in [0.3, 0.4) is 0 Å². The normalized spacial score (nSPS) is 12.3. The molecule has 3 aromatic rings. The number of para-hydroxylation sites is 1. The number of fused-ring (bicyclic) bond motifs is 1. The Labute approximate surface area is 142 Å². The molecule has 24 heavy (non-hydrogen) atoms. The lowest BCUT2D eigenvalue weighted by atomic mass is 10.1. The summed E-state index contributed by atoms with van der Waals surface area (Å²) in [5.74, 6) is -0.143. The van der Waals surface area contributed by atoms with E-state index in [2.05, 4.69) is 24.4 Å². The maximum atomic E-state index is 12.7. The molecule has 4 heteroatoms. The lowest BCUT2D eigenvalue weighted by Gasteiger charge is -2.20. The summed E-state index contributed by atoms with van der Waals surface area (Å²) in [5, 5.41) is 4.16. The molecule has 122 valence electrons. The minimum absolute atomic E-state index is 0.0445. The molecule has 0 saturated carbocycles. The number of likely N-dealkylation sites (N-methyl/N-ethyl adjacent to an activating group) is 1. The van der Waals surface area contributed by atoms with E-state index in [-0.39, 0.29) is 11.9 Å². The Morgan fingerprint density at radius 2 is 1.71 bits per heavy atom. The average molecular weight is 320 g/mol. The van der Waals surface area contributed by atoms with Crippen molar-refractivity contribution in [1.29, 1.82) is 0 Å². The highest BCUT2D eigenvalue weighted by molar-refractivity contribution is 5.95. The second kappa shape index (κ2) is 7.23. The fourth-order valence-corrected chi connectivity index (χ4v) is 2.77. The largest absolute Gasteiger partial charge is 0.338 e. The highest BCUT2D eigenvalue weighted by Gasteiger charge is 2.19. The highest BCUT2D eigenvalue weighted by atomic mass is 16.1. The van der Waals surface area contributed by atoms with E-state index in [1.54, 1.807) is 6.07 Å². The van der Waals surface area contributed by atoms with Crippen LogP contribution in [0, 0.1) is 0 Å². The molecule has 3 rings (SSSR count). The maximum absolute atomic E-state index is 12.7. The Kier molecular flexibility index (Phi) is 4.87. The fourth-order valence-electron chi connectivity index (χ4n) is 2.77. The van der Waals surface area contributed by atoms with Crippen molar-refractivity contribution in [3.05, 3.63) is 78.0 Å². The molecule has 0 aliphatic heterocycles. The van der Waals surface area contributed by atoms with E-state index >= 15 is 0 Å². The van der Waals surface area contributed by atoms with E-state index in [0.29, 0.717) is 5.69 Å². The number of aromatic nitrogens is 1. The first kappa shape index (κ1) is 16.1. The smallest absolute Gasteiger partial charge is 0.270 e. The van der Waals surface area contributed by atoms with Gasteiger partial charge in [0.1, 0.15) is 18.3 Å². The summed E-state index contributed by atoms with van der Waals surface area (Å²) >= 11 is 0. The number of benzene rings is 2. The number of hydrogen-bond donors (Lipinski definition) is 2. The molecule has 2 aromatic carbocycles. The van der Waals surface area contributed by atoms with Crippen LogP contribution in [-0.2, 0) is 0 Å². The van der Waals surface area contributed by atoms with Crippen molar-refractivity contribution in [3.63, 3.8) is 0 Å². The first-order chi connectivity index (χ1) is 11.6. The standard InChI is InChI=1S/C20H21N3O/c1-23(2)14-19(15-8-4-3-5-9-15)22-20(24)18-13-12-16-10-6-7-11-17(16)21-18/h3-13,19H,14H2,1-2H3,(H,22,24)/p+1/t19-/m0/s1. The number of hydrogen-bond acceptors (Lipinski definition) is 2. The topological polar surface area (TPSA) is 46.4 Å². The van der Waals surface area contributed by atoms with Gasteiger partial charge in [0.05, 0.1) is 19.6 Å². The molecule has 1 atom stereocenters. The van der Waals surface area contributed by atoms with Crippen LogP contribution in [-0.4, -0.2) is 31.5 Å². The number of rotatable bonds is 5. The van der Waals surface area contributed by atoms with Crippen molar-refractivity contribution in [3.8, 4) is 0 Å². The van der Waals surface area contributed by atoms with Crippen molar-refractivity contribution in [2.45, 2.75) is 6.04 Å². The van der Waals surface area contributed by atoms with Gasteiger partial charge in [-0.25, -0.2) is 4.98 Å². The molecule has 4 nitrogen and oxygen atoms in total. The lowest BCUT2D eigenvalue weighted by Crippen LogP contribution is -3.06. The van der Waals surface area contributed by atoms with Crippen LogP contribution >= 0.6 is 0 Å². The molecule has 0 fully saturated rings. The number of nitrogens with one attached hydrogen (secondary N) is 2. The van der Waals surface area contributed by atoms with Gasteiger partial charge in [-0.15, -0.1) is 0 Å². The van der Waals surface area contributed by atoms with E-state index in [9.17, 15) is 4.79 Å². The second-order valence-corrected chi connectivity index (χ2v) is 6.24. The zero-order valence-corrected chi connectivity index (χ0v) is 14.0. The van der Waals surface area contributed by atoms with Gasteiger partial charge in [-0.2, -0.15) is 0 Å². The molecule has 0 radical (unpaired) electrons. The number of quaternary nitrogens is 1. The van der Waals surface area contributed by atoms with Gasteiger partial charge in [0.15, 0.2) is 0 Å². The molecule has 0 aliphatic rings. The minimum atomic E-state index is -0.143. The quantitative estimate of drug-likeness (QED) is 0.754. The van der Waals surface area contributed by atoms with Crippen LogP contribution in [0.25, 0.3) is 10.9 Å². The summed E-state index contributed by atoms with van der Waals surface area (Å²) < 4.78 is 0. The molecule has 1 amide bonds.